The predicted octanol–water partition coefficient (Wildman–Crippen LogP) is 4.67. The number of hydrogen-bond acceptors (Lipinski definition) is 5. The van der Waals surface area contributed by atoms with Gasteiger partial charge in [-0.25, -0.2) is 14.5 Å². The van der Waals surface area contributed by atoms with Crippen LogP contribution in [0.5, 0.6) is 0 Å². The highest BCUT2D eigenvalue weighted by Crippen LogP contribution is 2.23. The van der Waals surface area contributed by atoms with E-state index < -0.39 is 0 Å². The van der Waals surface area contributed by atoms with Gasteiger partial charge in [-0.05, 0) is 50.2 Å². The number of aromatic nitrogens is 2. The number of aliphatic imine (C=N–C) groups is 1. The van der Waals surface area contributed by atoms with Gasteiger partial charge in [-0.15, -0.1) is 0 Å². The van der Waals surface area contributed by atoms with Crippen molar-refractivity contribution < 1.29 is 13.9 Å². The van der Waals surface area contributed by atoms with Crippen molar-refractivity contribution in [3.63, 3.8) is 0 Å². The zero-order valence-electron chi connectivity index (χ0n) is 18.1. The molecule has 0 unspecified atom stereocenters. The van der Waals surface area contributed by atoms with E-state index in [2.05, 4.69) is 4.99 Å². The summed E-state index contributed by atoms with van der Waals surface area (Å²) in [6.07, 6.45) is 1.54. The summed E-state index contributed by atoms with van der Waals surface area (Å²) in [6.45, 7) is 3.96. The summed E-state index contributed by atoms with van der Waals surface area (Å²) in [7, 11) is 1.83. The molecule has 0 bridgehead atoms. The Morgan fingerprint density at radius 3 is 2.47 bits per heavy atom. The topological polar surface area (TPSA) is 78.7 Å². The van der Waals surface area contributed by atoms with Crippen LogP contribution in [-0.2, 0) is 11.8 Å². The fraction of sp³-hybridized carbons (Fsp3) is 0.160. The molecule has 162 valence electrons. The van der Waals surface area contributed by atoms with Gasteiger partial charge in [-0.2, -0.15) is 0 Å². The second-order valence-electron chi connectivity index (χ2n) is 7.17. The highest BCUT2D eigenvalue weighted by atomic mass is 16.5. The fourth-order valence-corrected chi connectivity index (χ4v) is 3.39. The van der Waals surface area contributed by atoms with Gasteiger partial charge in [0.25, 0.3) is 5.56 Å². The SMILES string of the molecule is CCOC(=O)c1ccc(-c2ccc(C=Nc3c(C)n(C)n(-c4ccccc4)c3=O)o2)cc1. The smallest absolute Gasteiger partial charge is 0.338 e. The molecule has 0 amide bonds. The van der Waals surface area contributed by atoms with Crippen molar-refractivity contribution in [2.24, 2.45) is 12.0 Å². The normalized spacial score (nSPS) is 11.2. The van der Waals surface area contributed by atoms with Crippen LogP contribution in [0, 0.1) is 6.92 Å². The Morgan fingerprint density at radius 1 is 1.06 bits per heavy atom. The Bertz CT molecular complexity index is 1330. The number of benzene rings is 2. The molecule has 0 N–H and O–H groups in total. The lowest BCUT2D eigenvalue weighted by Gasteiger charge is -2.07. The van der Waals surface area contributed by atoms with E-state index >= 15 is 0 Å². The third kappa shape index (κ3) is 4.05. The number of hydrogen-bond donors (Lipinski definition) is 0. The Morgan fingerprint density at radius 2 is 1.78 bits per heavy atom. The van der Waals surface area contributed by atoms with Crippen molar-refractivity contribution in [3.05, 3.63) is 94.1 Å². The van der Waals surface area contributed by atoms with E-state index in [1.54, 1.807) is 46.6 Å². The maximum Gasteiger partial charge on any atom is 0.338 e. The Labute approximate surface area is 185 Å². The minimum atomic E-state index is -0.356. The number of carbonyl (C=O) groups excluding carboxylic acids is 1. The van der Waals surface area contributed by atoms with E-state index in [-0.39, 0.29) is 11.5 Å². The van der Waals surface area contributed by atoms with Crippen LogP contribution in [0.3, 0.4) is 0 Å². The maximum atomic E-state index is 13.0. The zero-order chi connectivity index (χ0) is 22.7. The van der Waals surface area contributed by atoms with Crippen LogP contribution in [0.15, 0.2) is 80.9 Å². The summed E-state index contributed by atoms with van der Waals surface area (Å²) in [4.78, 5) is 29.2. The third-order valence-corrected chi connectivity index (χ3v) is 5.15. The molecule has 0 saturated carbocycles. The van der Waals surface area contributed by atoms with Gasteiger partial charge in [0.15, 0.2) is 5.69 Å². The average Bonchev–Trinajstić information content (AvgIpc) is 3.36. The quantitative estimate of drug-likeness (QED) is 0.330. The molecule has 4 aromatic rings. The van der Waals surface area contributed by atoms with Crippen LogP contribution in [0.25, 0.3) is 17.0 Å². The number of carbonyl (C=O) groups is 1. The zero-order valence-corrected chi connectivity index (χ0v) is 18.1. The van der Waals surface area contributed by atoms with Crippen LogP contribution in [-0.4, -0.2) is 28.2 Å². The molecule has 0 aliphatic rings. The summed E-state index contributed by atoms with van der Waals surface area (Å²) in [6, 6.07) is 20.0. The largest absolute Gasteiger partial charge is 0.462 e. The average molecular weight is 429 g/mol. The molecule has 7 nitrogen and oxygen atoms in total. The summed E-state index contributed by atoms with van der Waals surface area (Å²) >= 11 is 0. The first-order chi connectivity index (χ1) is 15.5. The van der Waals surface area contributed by atoms with E-state index in [1.807, 2.05) is 50.4 Å². The van der Waals surface area contributed by atoms with Crippen molar-refractivity contribution in [1.29, 1.82) is 0 Å². The number of esters is 1. The highest BCUT2D eigenvalue weighted by Gasteiger charge is 2.15. The molecule has 2 aromatic heterocycles. The van der Waals surface area contributed by atoms with E-state index in [0.717, 1.165) is 16.9 Å². The predicted molar refractivity (Wildman–Crippen MR) is 123 cm³/mol. The number of furan rings is 1. The maximum absolute atomic E-state index is 13.0. The third-order valence-electron chi connectivity index (χ3n) is 5.15. The van der Waals surface area contributed by atoms with Gasteiger partial charge in [0, 0.05) is 12.6 Å². The molecule has 0 fully saturated rings. The Kier molecular flexibility index (Phi) is 5.89. The molecule has 0 aliphatic heterocycles. The molecule has 32 heavy (non-hydrogen) atoms. The Hall–Kier alpha value is -4.13. The Balaban J connectivity index is 1.57. The summed E-state index contributed by atoms with van der Waals surface area (Å²) in [5.74, 6) is 0.794. The van der Waals surface area contributed by atoms with Gasteiger partial charge in [0.05, 0.1) is 29.8 Å². The van der Waals surface area contributed by atoms with Gasteiger partial charge in [-0.3, -0.25) is 9.48 Å². The van der Waals surface area contributed by atoms with Gasteiger partial charge in [0.2, 0.25) is 0 Å². The minimum absolute atomic E-state index is 0.200. The van der Waals surface area contributed by atoms with Gasteiger partial charge < -0.3 is 9.15 Å². The summed E-state index contributed by atoms with van der Waals surface area (Å²) in [5, 5.41) is 0. The fourth-order valence-electron chi connectivity index (χ4n) is 3.39. The first kappa shape index (κ1) is 21.1. The summed E-state index contributed by atoms with van der Waals surface area (Å²) < 4.78 is 14.2. The number of nitrogens with zero attached hydrogens (tertiary/aromatic N) is 3. The molecular formula is C25H23N3O4. The molecule has 2 heterocycles. The van der Waals surface area contributed by atoms with E-state index in [4.69, 9.17) is 9.15 Å². The first-order valence-corrected chi connectivity index (χ1v) is 10.2. The van der Waals surface area contributed by atoms with Gasteiger partial charge in [-0.1, -0.05) is 30.3 Å². The molecule has 0 radical (unpaired) electrons. The van der Waals surface area contributed by atoms with Crippen LogP contribution < -0.4 is 5.56 Å². The molecule has 2 aromatic carbocycles. The minimum Gasteiger partial charge on any atom is -0.462 e. The van der Waals surface area contributed by atoms with Crippen molar-refractivity contribution in [1.82, 2.24) is 9.36 Å². The number of ether oxygens (including phenoxy) is 1. The molecule has 0 saturated heterocycles. The van der Waals surface area contributed by atoms with Gasteiger partial charge >= 0.3 is 5.97 Å². The van der Waals surface area contributed by atoms with Crippen LogP contribution in [0.1, 0.15) is 28.7 Å². The first-order valence-electron chi connectivity index (χ1n) is 10.2. The standard InChI is InChI=1S/C25H23N3O4/c1-4-31-25(30)19-12-10-18(11-13-19)22-15-14-21(32-22)16-26-23-17(2)27(3)28(24(23)29)20-8-6-5-7-9-20/h5-16H,4H2,1-3H3. The van der Waals surface area contributed by atoms with Crippen molar-refractivity contribution in [2.75, 3.05) is 6.61 Å². The van der Waals surface area contributed by atoms with Crippen molar-refractivity contribution in [2.45, 2.75) is 13.8 Å². The second kappa shape index (κ2) is 8.93. The molecule has 0 atom stereocenters. The van der Waals surface area contributed by atoms with Crippen LogP contribution in [0.4, 0.5) is 5.69 Å². The molecule has 7 heteroatoms. The van der Waals surface area contributed by atoms with E-state index in [9.17, 15) is 9.59 Å². The van der Waals surface area contributed by atoms with E-state index in [1.165, 1.54) is 6.21 Å². The van der Waals surface area contributed by atoms with E-state index in [0.29, 0.717) is 29.4 Å². The summed E-state index contributed by atoms with van der Waals surface area (Å²) in [5.41, 5.74) is 2.98. The van der Waals surface area contributed by atoms with Crippen molar-refractivity contribution in [3.8, 4) is 17.0 Å². The lowest BCUT2D eigenvalue weighted by atomic mass is 10.1. The number of rotatable bonds is 6. The highest BCUT2D eigenvalue weighted by molar-refractivity contribution is 5.90. The molecule has 4 rings (SSSR count). The monoisotopic (exact) mass is 429 g/mol. The van der Waals surface area contributed by atoms with Gasteiger partial charge in [0.1, 0.15) is 11.5 Å². The van der Waals surface area contributed by atoms with Crippen molar-refractivity contribution >= 4 is 17.9 Å². The lowest BCUT2D eigenvalue weighted by Crippen LogP contribution is -2.19. The molecule has 0 aliphatic carbocycles. The second-order valence-corrected chi connectivity index (χ2v) is 7.17. The molecule has 0 spiro atoms. The van der Waals surface area contributed by atoms with Crippen LogP contribution in [0.2, 0.25) is 0 Å². The number of para-hydroxylation sites is 1. The molecular weight excluding hydrogens is 406 g/mol. The van der Waals surface area contributed by atoms with Crippen LogP contribution >= 0.6 is 0 Å². The lowest BCUT2D eigenvalue weighted by molar-refractivity contribution is 0.0526.